The van der Waals surface area contributed by atoms with E-state index in [0.717, 1.165) is 5.69 Å². The predicted octanol–water partition coefficient (Wildman–Crippen LogP) is 2.87. The minimum atomic E-state index is -0.818. The molecule has 20 heavy (non-hydrogen) atoms. The van der Waals surface area contributed by atoms with Crippen LogP contribution in [0.5, 0.6) is 5.75 Å². The third-order valence-electron chi connectivity index (χ3n) is 2.61. The molecule has 6 heteroatoms. The van der Waals surface area contributed by atoms with E-state index in [-0.39, 0.29) is 11.1 Å². The van der Waals surface area contributed by atoms with Gasteiger partial charge in [-0.25, -0.2) is 4.79 Å². The Hall–Kier alpha value is -1.72. The van der Waals surface area contributed by atoms with Crippen LogP contribution in [0.1, 0.15) is 13.8 Å². The van der Waals surface area contributed by atoms with Crippen LogP contribution in [0.2, 0.25) is 0 Å². The summed E-state index contributed by atoms with van der Waals surface area (Å²) in [5.41, 5.74) is 1.13. The number of esters is 1. The molecule has 0 spiro atoms. The number of carbonyl (C=O) groups excluding carboxylic acids is 1. The fourth-order valence-electron chi connectivity index (χ4n) is 1.73. The lowest BCUT2D eigenvalue weighted by Crippen LogP contribution is -2.23. The molecule has 1 heterocycles. The van der Waals surface area contributed by atoms with Crippen LogP contribution in [-0.4, -0.2) is 25.5 Å². The first-order chi connectivity index (χ1) is 9.51. The summed E-state index contributed by atoms with van der Waals surface area (Å²) in [7, 11) is 1.58. The van der Waals surface area contributed by atoms with Crippen molar-refractivity contribution >= 4 is 23.3 Å². The minimum Gasteiger partial charge on any atom is -0.497 e. The number of ether oxygens (including phenoxy) is 3. The third kappa shape index (κ3) is 3.23. The van der Waals surface area contributed by atoms with Gasteiger partial charge in [-0.2, -0.15) is 0 Å². The number of anilines is 1. The summed E-state index contributed by atoms with van der Waals surface area (Å²) in [5.74, 6) is 0.0982. The Kier molecular flexibility index (Phi) is 4.52. The first-order valence-electron chi connectivity index (χ1n) is 6.18. The Labute approximate surface area is 122 Å². The maximum atomic E-state index is 11.5. The highest BCUT2D eigenvalue weighted by molar-refractivity contribution is 6.42. The number of hydrogen-bond acceptors (Lipinski definition) is 5. The predicted molar refractivity (Wildman–Crippen MR) is 75.6 cm³/mol. The number of rotatable bonds is 5. The highest BCUT2D eigenvalue weighted by Crippen LogP contribution is 2.29. The molecule has 0 aliphatic carbocycles. The lowest BCUT2D eigenvalue weighted by Gasteiger charge is -2.18. The summed E-state index contributed by atoms with van der Waals surface area (Å²) < 4.78 is 15.7. The fraction of sp³-hybridized carbons (Fsp3) is 0.357. The zero-order valence-electron chi connectivity index (χ0n) is 11.5. The van der Waals surface area contributed by atoms with Crippen molar-refractivity contribution in [2.24, 2.45) is 0 Å². The zero-order valence-corrected chi connectivity index (χ0v) is 12.2. The normalized spacial score (nSPS) is 18.4. The molecule has 0 fully saturated rings. The van der Waals surface area contributed by atoms with Gasteiger partial charge in [-0.1, -0.05) is 17.7 Å². The van der Waals surface area contributed by atoms with E-state index in [1.807, 2.05) is 32.0 Å². The Morgan fingerprint density at radius 2 is 2.15 bits per heavy atom. The molecule has 2 rings (SSSR count). The van der Waals surface area contributed by atoms with Crippen LogP contribution in [0, 0.1) is 0 Å². The first kappa shape index (κ1) is 14.7. The number of carbonyl (C=O) groups is 1. The second-order valence-electron chi connectivity index (χ2n) is 4.51. The van der Waals surface area contributed by atoms with Gasteiger partial charge in [-0.3, -0.25) is 0 Å². The van der Waals surface area contributed by atoms with Gasteiger partial charge in [0.2, 0.25) is 6.29 Å². The van der Waals surface area contributed by atoms with Crippen LogP contribution in [-0.2, 0) is 14.3 Å². The summed E-state index contributed by atoms with van der Waals surface area (Å²) in [6, 6.07) is 7.26. The van der Waals surface area contributed by atoms with Gasteiger partial charge >= 0.3 is 5.97 Å². The second-order valence-corrected chi connectivity index (χ2v) is 4.88. The Morgan fingerprint density at radius 3 is 2.80 bits per heavy atom. The molecule has 5 nitrogen and oxygen atoms in total. The SMILES string of the molecule is COc1cccc(NC2=C(Cl)C(=O)OC2OC(C)C)c1. The van der Waals surface area contributed by atoms with Gasteiger partial charge in [0.1, 0.15) is 11.4 Å². The van der Waals surface area contributed by atoms with Crippen LogP contribution in [0.25, 0.3) is 0 Å². The van der Waals surface area contributed by atoms with Gasteiger partial charge in [0.25, 0.3) is 0 Å². The van der Waals surface area contributed by atoms with Crippen molar-refractivity contribution in [1.82, 2.24) is 0 Å². The van der Waals surface area contributed by atoms with Crippen molar-refractivity contribution in [1.29, 1.82) is 0 Å². The molecule has 1 aliphatic rings. The van der Waals surface area contributed by atoms with E-state index in [9.17, 15) is 4.79 Å². The van der Waals surface area contributed by atoms with Crippen molar-refractivity contribution in [3.8, 4) is 5.75 Å². The van der Waals surface area contributed by atoms with Crippen molar-refractivity contribution in [3.63, 3.8) is 0 Å². The monoisotopic (exact) mass is 297 g/mol. The fourth-order valence-corrected chi connectivity index (χ4v) is 1.92. The highest BCUT2D eigenvalue weighted by Gasteiger charge is 2.34. The second kappa shape index (κ2) is 6.15. The molecule has 0 aromatic heterocycles. The molecule has 0 amide bonds. The van der Waals surface area contributed by atoms with Crippen LogP contribution in [0.4, 0.5) is 5.69 Å². The molecule has 0 saturated heterocycles. The molecule has 108 valence electrons. The number of cyclic esters (lactones) is 1. The number of hydrogen-bond donors (Lipinski definition) is 1. The van der Waals surface area contributed by atoms with Gasteiger partial charge in [0, 0.05) is 11.8 Å². The maximum absolute atomic E-state index is 11.5. The van der Waals surface area contributed by atoms with E-state index in [2.05, 4.69) is 5.32 Å². The van der Waals surface area contributed by atoms with Gasteiger partial charge in [0.05, 0.1) is 13.2 Å². The van der Waals surface area contributed by atoms with Crippen LogP contribution < -0.4 is 10.1 Å². The summed E-state index contributed by atoms with van der Waals surface area (Å²) in [4.78, 5) is 11.5. The molecule has 1 aliphatic heterocycles. The number of halogens is 1. The van der Waals surface area contributed by atoms with Crippen molar-refractivity contribution < 1.29 is 19.0 Å². The zero-order chi connectivity index (χ0) is 14.7. The van der Waals surface area contributed by atoms with E-state index >= 15 is 0 Å². The van der Waals surface area contributed by atoms with E-state index < -0.39 is 12.3 Å². The Bertz CT molecular complexity index is 542. The van der Waals surface area contributed by atoms with Crippen LogP contribution in [0.15, 0.2) is 35.0 Å². The van der Waals surface area contributed by atoms with Gasteiger partial charge in [-0.05, 0) is 26.0 Å². The lowest BCUT2D eigenvalue weighted by molar-refractivity contribution is -0.165. The molecule has 0 saturated carbocycles. The number of methoxy groups -OCH3 is 1. The van der Waals surface area contributed by atoms with E-state index in [4.69, 9.17) is 25.8 Å². The maximum Gasteiger partial charge on any atom is 0.354 e. The average molecular weight is 298 g/mol. The Morgan fingerprint density at radius 1 is 1.40 bits per heavy atom. The molecule has 1 aromatic rings. The quantitative estimate of drug-likeness (QED) is 0.847. The smallest absolute Gasteiger partial charge is 0.354 e. The number of benzene rings is 1. The van der Waals surface area contributed by atoms with E-state index in [1.54, 1.807) is 13.2 Å². The van der Waals surface area contributed by atoms with Crippen molar-refractivity contribution in [3.05, 3.63) is 35.0 Å². The van der Waals surface area contributed by atoms with Crippen molar-refractivity contribution in [2.45, 2.75) is 26.2 Å². The molecule has 1 N–H and O–H groups in total. The van der Waals surface area contributed by atoms with Gasteiger partial charge < -0.3 is 19.5 Å². The summed E-state index contributed by atoms with van der Waals surface area (Å²) in [5, 5.41) is 3.05. The molecular formula is C14H16ClNO4. The standard InChI is InChI=1S/C14H16ClNO4/c1-8(2)19-14-12(11(15)13(17)20-14)16-9-5-4-6-10(7-9)18-3/h4-8,14,16H,1-3H3. The Balaban J connectivity index is 2.21. The molecule has 1 unspecified atom stereocenters. The van der Waals surface area contributed by atoms with E-state index in [1.165, 1.54) is 0 Å². The van der Waals surface area contributed by atoms with Gasteiger partial charge in [0.15, 0.2) is 5.03 Å². The minimum absolute atomic E-state index is 0.00142. The molecule has 1 atom stereocenters. The molecule has 1 aromatic carbocycles. The molecule has 0 radical (unpaired) electrons. The molecular weight excluding hydrogens is 282 g/mol. The topological polar surface area (TPSA) is 56.8 Å². The van der Waals surface area contributed by atoms with Crippen LogP contribution in [0.3, 0.4) is 0 Å². The van der Waals surface area contributed by atoms with Gasteiger partial charge in [-0.15, -0.1) is 0 Å². The van der Waals surface area contributed by atoms with E-state index in [0.29, 0.717) is 11.4 Å². The molecule has 0 bridgehead atoms. The first-order valence-corrected chi connectivity index (χ1v) is 6.56. The van der Waals surface area contributed by atoms with Crippen molar-refractivity contribution in [2.75, 3.05) is 12.4 Å². The highest BCUT2D eigenvalue weighted by atomic mass is 35.5. The largest absolute Gasteiger partial charge is 0.497 e. The third-order valence-corrected chi connectivity index (χ3v) is 2.97. The van der Waals surface area contributed by atoms with Crippen LogP contribution >= 0.6 is 11.6 Å². The average Bonchev–Trinajstić information content (AvgIpc) is 2.66. The summed E-state index contributed by atoms with van der Waals surface area (Å²) in [6.07, 6.45) is -0.918. The summed E-state index contributed by atoms with van der Waals surface area (Å²) >= 11 is 5.96. The number of nitrogens with one attached hydrogen (secondary N) is 1. The lowest BCUT2D eigenvalue weighted by atomic mass is 10.3. The summed E-state index contributed by atoms with van der Waals surface area (Å²) in [6.45, 7) is 3.70.